The summed E-state index contributed by atoms with van der Waals surface area (Å²) in [5.74, 6) is 2.54. The quantitative estimate of drug-likeness (QED) is 0.738. The van der Waals surface area contributed by atoms with Crippen LogP contribution in [0.4, 0.5) is 5.95 Å². The Hall–Kier alpha value is -1.03. The first kappa shape index (κ1) is 16.3. The second-order valence-electron chi connectivity index (χ2n) is 6.44. The molecule has 0 aromatic carbocycles. The lowest BCUT2D eigenvalue weighted by Gasteiger charge is -2.35. The van der Waals surface area contributed by atoms with Crippen LogP contribution in [0.25, 0.3) is 0 Å². The Bertz CT molecular complexity index is 402. The number of anilines is 1. The minimum atomic E-state index is 0.576. The molecule has 1 saturated carbocycles. The molecule has 1 heterocycles. The van der Waals surface area contributed by atoms with E-state index >= 15 is 0 Å². The van der Waals surface area contributed by atoms with Crippen LogP contribution in [0, 0.1) is 11.8 Å². The summed E-state index contributed by atoms with van der Waals surface area (Å²) in [6.07, 6.45) is 10.3. The van der Waals surface area contributed by atoms with Gasteiger partial charge < -0.3 is 14.6 Å². The number of hydrogen-bond acceptors (Lipinski definition) is 3. The molecule has 4 heteroatoms. The first-order valence-electron chi connectivity index (χ1n) is 8.57. The number of aromatic nitrogens is 2. The molecule has 0 saturated heterocycles. The molecule has 1 aromatic heterocycles. The van der Waals surface area contributed by atoms with Crippen LogP contribution in [-0.2, 0) is 11.3 Å². The van der Waals surface area contributed by atoms with Crippen molar-refractivity contribution in [2.75, 3.05) is 18.5 Å². The van der Waals surface area contributed by atoms with Crippen molar-refractivity contribution in [3.63, 3.8) is 0 Å². The Balaban J connectivity index is 1.91. The number of aryl methyl sites for hydroxylation is 1. The summed E-state index contributed by atoms with van der Waals surface area (Å²) in [5.41, 5.74) is 0. The van der Waals surface area contributed by atoms with E-state index in [1.807, 2.05) is 13.1 Å². The monoisotopic (exact) mass is 293 g/mol. The normalized spacial score (nSPS) is 22.7. The molecule has 0 spiro atoms. The highest BCUT2D eigenvalue weighted by Crippen LogP contribution is 2.32. The predicted molar refractivity (Wildman–Crippen MR) is 87.5 cm³/mol. The first-order valence-corrected chi connectivity index (χ1v) is 8.57. The molecule has 0 amide bonds. The van der Waals surface area contributed by atoms with Crippen LogP contribution < -0.4 is 5.32 Å². The molecule has 0 radical (unpaired) electrons. The third kappa shape index (κ3) is 4.73. The van der Waals surface area contributed by atoms with E-state index in [0.717, 1.165) is 44.0 Å². The summed E-state index contributed by atoms with van der Waals surface area (Å²) in [7, 11) is 0. The molecule has 1 N–H and O–H groups in total. The minimum absolute atomic E-state index is 0.576. The summed E-state index contributed by atoms with van der Waals surface area (Å²) in [6.45, 7) is 9.33. The highest BCUT2D eigenvalue weighted by atomic mass is 16.5. The maximum atomic E-state index is 5.42. The molecule has 0 bridgehead atoms. The van der Waals surface area contributed by atoms with Crippen LogP contribution in [0.5, 0.6) is 0 Å². The summed E-state index contributed by atoms with van der Waals surface area (Å²) in [5, 5.41) is 3.71. The highest BCUT2D eigenvalue weighted by Gasteiger charge is 2.28. The van der Waals surface area contributed by atoms with Crippen molar-refractivity contribution in [1.29, 1.82) is 0 Å². The smallest absolute Gasteiger partial charge is 0.202 e. The van der Waals surface area contributed by atoms with Gasteiger partial charge in [-0.1, -0.05) is 26.7 Å². The lowest BCUT2D eigenvalue weighted by atomic mass is 9.78. The van der Waals surface area contributed by atoms with Gasteiger partial charge in [0.25, 0.3) is 0 Å². The van der Waals surface area contributed by atoms with Crippen molar-refractivity contribution >= 4 is 5.95 Å². The summed E-state index contributed by atoms with van der Waals surface area (Å²) >= 11 is 0. The molecule has 2 atom stereocenters. The second kappa shape index (κ2) is 8.42. The number of ether oxygens (including phenoxy) is 1. The van der Waals surface area contributed by atoms with Gasteiger partial charge in [-0.25, -0.2) is 4.98 Å². The second-order valence-corrected chi connectivity index (χ2v) is 6.44. The molecule has 21 heavy (non-hydrogen) atoms. The largest absolute Gasteiger partial charge is 0.382 e. The van der Waals surface area contributed by atoms with Gasteiger partial charge in [0.15, 0.2) is 0 Å². The number of rotatable bonds is 8. The van der Waals surface area contributed by atoms with Crippen LogP contribution in [0.15, 0.2) is 12.4 Å². The lowest BCUT2D eigenvalue weighted by molar-refractivity contribution is 0.141. The Labute approximate surface area is 129 Å². The topological polar surface area (TPSA) is 39.1 Å². The van der Waals surface area contributed by atoms with Crippen molar-refractivity contribution in [3.05, 3.63) is 12.4 Å². The van der Waals surface area contributed by atoms with Gasteiger partial charge >= 0.3 is 0 Å². The average molecular weight is 293 g/mol. The van der Waals surface area contributed by atoms with Crippen molar-refractivity contribution in [3.8, 4) is 0 Å². The fourth-order valence-electron chi connectivity index (χ4n) is 3.41. The van der Waals surface area contributed by atoms with Gasteiger partial charge in [-0.05, 0) is 38.0 Å². The molecule has 0 aliphatic heterocycles. The highest BCUT2D eigenvalue weighted by molar-refractivity contribution is 5.28. The Morgan fingerprint density at radius 3 is 2.95 bits per heavy atom. The lowest BCUT2D eigenvalue weighted by Crippen LogP contribution is -2.36. The zero-order chi connectivity index (χ0) is 15.1. The zero-order valence-electron chi connectivity index (χ0n) is 13.8. The van der Waals surface area contributed by atoms with Crippen LogP contribution >= 0.6 is 0 Å². The van der Waals surface area contributed by atoms with E-state index in [9.17, 15) is 0 Å². The molecule has 2 unspecified atom stereocenters. The minimum Gasteiger partial charge on any atom is -0.382 e. The van der Waals surface area contributed by atoms with Crippen LogP contribution in [-0.4, -0.2) is 28.8 Å². The molecular weight excluding hydrogens is 262 g/mol. The Kier molecular flexibility index (Phi) is 6.55. The summed E-state index contributed by atoms with van der Waals surface area (Å²) in [4.78, 5) is 4.51. The first-order chi connectivity index (χ1) is 10.2. The van der Waals surface area contributed by atoms with Gasteiger partial charge in [-0.2, -0.15) is 0 Å². The van der Waals surface area contributed by atoms with E-state index in [-0.39, 0.29) is 0 Å². The third-order valence-corrected chi connectivity index (χ3v) is 4.60. The van der Waals surface area contributed by atoms with Crippen LogP contribution in [0.3, 0.4) is 0 Å². The Morgan fingerprint density at radius 1 is 1.38 bits per heavy atom. The summed E-state index contributed by atoms with van der Waals surface area (Å²) in [6, 6.07) is 0.576. The average Bonchev–Trinajstić information content (AvgIpc) is 2.91. The molecule has 1 fully saturated rings. The van der Waals surface area contributed by atoms with E-state index in [0.29, 0.717) is 6.04 Å². The standard InChI is InChI=1S/C17H31N3O/c1-4-21-13-7-11-20-12-10-18-17(20)19-16-9-6-5-8-15(16)14(2)3/h10,12,14-16H,4-9,11,13H2,1-3H3,(H,18,19). The third-order valence-electron chi connectivity index (χ3n) is 4.60. The number of nitrogens with zero attached hydrogens (tertiary/aromatic N) is 2. The summed E-state index contributed by atoms with van der Waals surface area (Å²) < 4.78 is 7.64. The van der Waals surface area contributed by atoms with Gasteiger partial charge in [0.1, 0.15) is 0 Å². The maximum Gasteiger partial charge on any atom is 0.202 e. The molecule has 120 valence electrons. The van der Waals surface area contributed by atoms with Gasteiger partial charge in [0.2, 0.25) is 5.95 Å². The molecule has 4 nitrogen and oxygen atoms in total. The number of imidazole rings is 1. The molecular formula is C17H31N3O. The van der Waals surface area contributed by atoms with Crippen LogP contribution in [0.1, 0.15) is 52.9 Å². The molecule has 1 aliphatic carbocycles. The SMILES string of the molecule is CCOCCCn1ccnc1NC1CCCCC1C(C)C. The molecule has 2 rings (SSSR count). The number of nitrogens with one attached hydrogen (secondary N) is 1. The van der Waals surface area contributed by atoms with Gasteiger partial charge in [0, 0.05) is 38.2 Å². The molecule has 1 aromatic rings. The van der Waals surface area contributed by atoms with Gasteiger partial charge in [0.05, 0.1) is 0 Å². The molecule has 1 aliphatic rings. The van der Waals surface area contributed by atoms with Crippen molar-refractivity contribution in [1.82, 2.24) is 9.55 Å². The van der Waals surface area contributed by atoms with Gasteiger partial charge in [-0.3, -0.25) is 0 Å². The predicted octanol–water partition coefficient (Wildman–Crippen LogP) is 3.94. The van der Waals surface area contributed by atoms with E-state index in [1.54, 1.807) is 0 Å². The fourth-order valence-corrected chi connectivity index (χ4v) is 3.41. The van der Waals surface area contributed by atoms with E-state index in [2.05, 4.69) is 34.9 Å². The van der Waals surface area contributed by atoms with E-state index in [4.69, 9.17) is 4.74 Å². The van der Waals surface area contributed by atoms with Gasteiger partial charge in [-0.15, -0.1) is 0 Å². The van der Waals surface area contributed by atoms with Crippen LogP contribution in [0.2, 0.25) is 0 Å². The Morgan fingerprint density at radius 2 is 2.19 bits per heavy atom. The number of hydrogen-bond donors (Lipinski definition) is 1. The van der Waals surface area contributed by atoms with Crippen molar-refractivity contribution in [2.45, 2.75) is 65.5 Å². The van der Waals surface area contributed by atoms with E-state index in [1.165, 1.54) is 25.7 Å². The zero-order valence-corrected chi connectivity index (χ0v) is 13.8. The fraction of sp³-hybridized carbons (Fsp3) is 0.824. The van der Waals surface area contributed by atoms with Crippen molar-refractivity contribution in [2.24, 2.45) is 11.8 Å². The van der Waals surface area contributed by atoms with Crippen molar-refractivity contribution < 1.29 is 4.74 Å². The van der Waals surface area contributed by atoms with E-state index < -0.39 is 0 Å². The maximum absolute atomic E-state index is 5.42.